The lowest BCUT2D eigenvalue weighted by molar-refractivity contribution is 0.0972. The maximum absolute atomic E-state index is 14.7. The van der Waals surface area contributed by atoms with Crippen molar-refractivity contribution in [2.45, 2.75) is 12.8 Å². The number of halogens is 2. The average Bonchev–Trinajstić information content (AvgIpc) is 3.43. The topological polar surface area (TPSA) is 89.4 Å². The molecular formula is C25H21F2N3O4S2. The van der Waals surface area contributed by atoms with E-state index in [1.807, 2.05) is 22.2 Å². The number of methoxy groups -OCH3 is 1. The molecule has 2 aromatic carbocycles. The van der Waals surface area contributed by atoms with Crippen LogP contribution in [0.15, 0.2) is 60.1 Å². The fourth-order valence-electron chi connectivity index (χ4n) is 4.48. The van der Waals surface area contributed by atoms with E-state index in [1.165, 1.54) is 23.0 Å². The molecule has 2 N–H and O–H groups in total. The van der Waals surface area contributed by atoms with E-state index in [-0.39, 0.29) is 17.8 Å². The summed E-state index contributed by atoms with van der Waals surface area (Å²) < 4.78 is 62.9. The van der Waals surface area contributed by atoms with Crippen molar-refractivity contribution in [1.82, 2.24) is 14.6 Å². The van der Waals surface area contributed by atoms with E-state index in [0.29, 0.717) is 22.0 Å². The predicted molar refractivity (Wildman–Crippen MR) is 136 cm³/mol. The molecule has 2 aromatic heterocycles. The number of nitrogens with zero attached hydrogens (tertiary/aromatic N) is 1. The monoisotopic (exact) mass is 529 g/mol. The maximum atomic E-state index is 14.7. The van der Waals surface area contributed by atoms with E-state index >= 15 is 0 Å². The second kappa shape index (κ2) is 9.16. The molecule has 1 aliphatic rings. The summed E-state index contributed by atoms with van der Waals surface area (Å²) in [6.07, 6.45) is 5.45. The number of ether oxygens (including phenoxy) is 1. The fraction of sp³-hybridized carbons (Fsp3) is 0.160. The summed E-state index contributed by atoms with van der Waals surface area (Å²) in [4.78, 5) is 13.5. The molecule has 0 bridgehead atoms. The van der Waals surface area contributed by atoms with Gasteiger partial charge in [0.05, 0.1) is 18.3 Å². The lowest BCUT2D eigenvalue weighted by atomic mass is 9.97. The minimum absolute atomic E-state index is 0.00890. The molecule has 1 amide bonds. The number of rotatable bonds is 6. The van der Waals surface area contributed by atoms with Gasteiger partial charge in [-0.2, -0.15) is 0 Å². The van der Waals surface area contributed by atoms with Crippen LogP contribution in [-0.2, 0) is 21.3 Å². The predicted octanol–water partition coefficient (Wildman–Crippen LogP) is 4.34. The molecule has 1 aliphatic heterocycles. The van der Waals surface area contributed by atoms with E-state index in [2.05, 4.69) is 5.32 Å². The number of nitrogens with one attached hydrogen (secondary N) is 2. The molecule has 1 atom stereocenters. The number of thiophene rings is 1. The molecule has 0 radical (unpaired) electrons. The summed E-state index contributed by atoms with van der Waals surface area (Å²) in [6.45, 7) is -0.211. The van der Waals surface area contributed by atoms with Crippen LogP contribution in [0, 0.1) is 11.6 Å². The van der Waals surface area contributed by atoms with Gasteiger partial charge in [-0.05, 0) is 53.4 Å². The van der Waals surface area contributed by atoms with E-state index in [0.717, 1.165) is 34.5 Å². The van der Waals surface area contributed by atoms with Gasteiger partial charge in [-0.1, -0.05) is 12.1 Å². The van der Waals surface area contributed by atoms with Gasteiger partial charge >= 0.3 is 0 Å². The number of aromatic nitrogens is 1. The van der Waals surface area contributed by atoms with Gasteiger partial charge in [0.2, 0.25) is 10.0 Å². The molecule has 36 heavy (non-hydrogen) atoms. The lowest BCUT2D eigenvalue weighted by Gasteiger charge is -2.23. The third-order valence-corrected chi connectivity index (χ3v) is 7.41. The number of hydrogen-bond donors (Lipinski definition) is 2. The Kier molecular flexibility index (Phi) is 6.15. The standard InChI is InChI=1S/C25H21F2N3O4S2/c1-34-25-17(4-3-10-28-25)20-21-19(8-5-14-9-11-35-23(14)21)30(22(20)24(31)29-36(2,32)33)13-15-12-16(26)6-7-18(15)27/h3-12,25,28H,13H2,1-2H3,(H,29,31). The molecule has 186 valence electrons. The second-order valence-corrected chi connectivity index (χ2v) is 11.0. The summed E-state index contributed by atoms with van der Waals surface area (Å²) in [7, 11) is -2.43. The summed E-state index contributed by atoms with van der Waals surface area (Å²) in [5.41, 5.74) is 1.60. The Morgan fingerprint density at radius 3 is 2.78 bits per heavy atom. The molecule has 4 aromatic rings. The van der Waals surface area contributed by atoms with Crippen LogP contribution in [0.25, 0.3) is 26.6 Å². The van der Waals surface area contributed by atoms with E-state index in [4.69, 9.17) is 4.74 Å². The number of hydrogen-bond acceptors (Lipinski definition) is 6. The van der Waals surface area contributed by atoms with Gasteiger partial charge in [0, 0.05) is 33.9 Å². The van der Waals surface area contributed by atoms with Crippen LogP contribution in [0.2, 0.25) is 0 Å². The van der Waals surface area contributed by atoms with Crippen LogP contribution in [0.5, 0.6) is 0 Å². The number of benzene rings is 2. The van der Waals surface area contributed by atoms with Crippen LogP contribution >= 0.6 is 11.3 Å². The number of amides is 1. The first-order valence-electron chi connectivity index (χ1n) is 10.8. The molecule has 0 spiro atoms. The Bertz CT molecular complexity index is 1690. The molecule has 7 nitrogen and oxygen atoms in total. The van der Waals surface area contributed by atoms with Gasteiger partial charge in [0.25, 0.3) is 5.91 Å². The zero-order valence-corrected chi connectivity index (χ0v) is 20.8. The van der Waals surface area contributed by atoms with Crippen molar-refractivity contribution in [3.8, 4) is 0 Å². The van der Waals surface area contributed by atoms with Crippen LogP contribution < -0.4 is 10.0 Å². The summed E-state index contributed by atoms with van der Waals surface area (Å²) in [5.74, 6) is -2.17. The van der Waals surface area contributed by atoms with Gasteiger partial charge in [-0.15, -0.1) is 11.3 Å². The number of allylic oxidation sites excluding steroid dienone is 2. The van der Waals surface area contributed by atoms with Gasteiger partial charge < -0.3 is 14.6 Å². The van der Waals surface area contributed by atoms with Gasteiger partial charge in [-0.3, -0.25) is 4.79 Å². The highest BCUT2D eigenvalue weighted by molar-refractivity contribution is 7.89. The first-order valence-corrected chi connectivity index (χ1v) is 13.6. The van der Waals surface area contributed by atoms with Crippen LogP contribution in [0.3, 0.4) is 0 Å². The van der Waals surface area contributed by atoms with Crippen LogP contribution in [0.1, 0.15) is 21.6 Å². The molecule has 5 rings (SSSR count). The third-order valence-electron chi connectivity index (χ3n) is 5.90. The van der Waals surface area contributed by atoms with E-state index < -0.39 is 33.8 Å². The number of sulfonamides is 1. The van der Waals surface area contributed by atoms with Gasteiger partial charge in [0.15, 0.2) is 6.23 Å². The molecule has 0 aliphatic carbocycles. The van der Waals surface area contributed by atoms with Crippen molar-refractivity contribution < 1.29 is 26.7 Å². The highest BCUT2D eigenvalue weighted by atomic mass is 32.2. The summed E-state index contributed by atoms with van der Waals surface area (Å²) >= 11 is 1.46. The Hall–Kier alpha value is -3.54. The Morgan fingerprint density at radius 2 is 2.03 bits per heavy atom. The lowest BCUT2D eigenvalue weighted by Crippen LogP contribution is -2.34. The molecule has 0 saturated heterocycles. The van der Waals surface area contributed by atoms with Crippen molar-refractivity contribution in [2.24, 2.45) is 0 Å². The van der Waals surface area contributed by atoms with Gasteiger partial charge in [-0.25, -0.2) is 21.9 Å². The minimum atomic E-state index is -3.94. The minimum Gasteiger partial charge on any atom is -0.362 e. The van der Waals surface area contributed by atoms with Gasteiger partial charge in [0.1, 0.15) is 17.3 Å². The van der Waals surface area contributed by atoms with Crippen molar-refractivity contribution >= 4 is 53.8 Å². The first-order chi connectivity index (χ1) is 17.2. The molecule has 0 fully saturated rings. The first kappa shape index (κ1) is 24.2. The zero-order chi connectivity index (χ0) is 25.6. The normalized spacial score (nSPS) is 15.8. The summed E-state index contributed by atoms with van der Waals surface area (Å²) in [6, 6.07) is 8.69. The maximum Gasteiger partial charge on any atom is 0.282 e. The molecule has 3 heterocycles. The largest absolute Gasteiger partial charge is 0.362 e. The quantitative estimate of drug-likeness (QED) is 0.388. The molecule has 0 saturated carbocycles. The Morgan fingerprint density at radius 1 is 1.22 bits per heavy atom. The Balaban J connectivity index is 1.90. The van der Waals surface area contributed by atoms with Crippen LogP contribution in [-0.4, -0.2) is 38.5 Å². The molecular weight excluding hydrogens is 508 g/mol. The van der Waals surface area contributed by atoms with Crippen LogP contribution in [0.4, 0.5) is 8.78 Å². The van der Waals surface area contributed by atoms with E-state index in [9.17, 15) is 22.0 Å². The SMILES string of the molecule is COC1NC=CC=C1c1c(C(=O)NS(C)(=O)=O)n(Cc2cc(F)ccc2F)c2ccc3ccsc3c12. The van der Waals surface area contributed by atoms with Crippen molar-refractivity contribution in [2.75, 3.05) is 13.4 Å². The highest BCUT2D eigenvalue weighted by Crippen LogP contribution is 2.41. The van der Waals surface area contributed by atoms with Crippen molar-refractivity contribution in [3.05, 3.63) is 88.6 Å². The highest BCUT2D eigenvalue weighted by Gasteiger charge is 2.31. The molecule has 11 heteroatoms. The number of fused-ring (bicyclic) bond motifs is 3. The fourth-order valence-corrected chi connectivity index (χ4v) is 5.86. The number of dihydropyridines is 1. The zero-order valence-electron chi connectivity index (χ0n) is 19.2. The van der Waals surface area contributed by atoms with E-state index in [1.54, 1.807) is 24.4 Å². The Labute approximate surface area is 209 Å². The third kappa shape index (κ3) is 4.29. The van der Waals surface area contributed by atoms with Crippen molar-refractivity contribution in [3.63, 3.8) is 0 Å². The smallest absolute Gasteiger partial charge is 0.282 e. The summed E-state index contributed by atoms with van der Waals surface area (Å²) in [5, 5.41) is 6.60. The second-order valence-electron chi connectivity index (χ2n) is 8.31. The molecule has 1 unspecified atom stereocenters. The number of carbonyl (C=O) groups excluding carboxylic acids is 1. The number of carbonyl (C=O) groups is 1. The van der Waals surface area contributed by atoms with Crippen molar-refractivity contribution in [1.29, 1.82) is 0 Å². The average molecular weight is 530 g/mol.